The van der Waals surface area contributed by atoms with Gasteiger partial charge in [-0.1, -0.05) is 48.0 Å². The largest absolute Gasteiger partial charge is 0.495 e. The molecule has 10 heteroatoms. The topological polar surface area (TPSA) is 96.0 Å². The number of rotatable bonds is 10. The molecule has 0 bridgehead atoms. The Bertz CT molecular complexity index is 1460. The standard InChI is InChI=1S/C30H36ClN3O5S/c1-21-15-16-27(39-6)26(17-21)34(40(37,38)25-13-8-7-9-14-25)20-28(35)33(19-23-11-10-12-24(31)18-23)22(2)29(36)32-30(3,4)5/h7-18,22H,19-20H2,1-6H3,(H,32,36)/t22-/m0/s1. The number of carbonyl (C=O) groups is 2. The number of amides is 2. The van der Waals surface area contributed by atoms with Crippen LogP contribution in [-0.4, -0.2) is 50.4 Å². The van der Waals surface area contributed by atoms with Gasteiger partial charge in [0.15, 0.2) is 0 Å². The molecule has 0 radical (unpaired) electrons. The van der Waals surface area contributed by atoms with Crippen molar-refractivity contribution in [3.63, 3.8) is 0 Å². The van der Waals surface area contributed by atoms with Crippen LogP contribution in [0.25, 0.3) is 0 Å². The number of halogens is 1. The number of ether oxygens (including phenoxy) is 1. The number of nitrogens with one attached hydrogen (secondary N) is 1. The van der Waals surface area contributed by atoms with Crippen LogP contribution in [0, 0.1) is 6.92 Å². The molecule has 2 amide bonds. The molecule has 0 aliphatic heterocycles. The molecule has 0 aliphatic carbocycles. The summed E-state index contributed by atoms with van der Waals surface area (Å²) in [5, 5.41) is 3.39. The summed E-state index contributed by atoms with van der Waals surface area (Å²) in [6.45, 7) is 8.46. The van der Waals surface area contributed by atoms with Crippen LogP contribution in [0.2, 0.25) is 5.02 Å². The molecule has 0 spiro atoms. The number of hydrogen-bond donors (Lipinski definition) is 1. The zero-order valence-corrected chi connectivity index (χ0v) is 25.2. The fourth-order valence-corrected chi connectivity index (χ4v) is 5.77. The molecule has 40 heavy (non-hydrogen) atoms. The third kappa shape index (κ3) is 7.76. The van der Waals surface area contributed by atoms with Gasteiger partial charge in [-0.15, -0.1) is 0 Å². The zero-order valence-electron chi connectivity index (χ0n) is 23.6. The van der Waals surface area contributed by atoms with Crippen molar-refractivity contribution in [1.29, 1.82) is 0 Å². The van der Waals surface area contributed by atoms with Gasteiger partial charge in [0.25, 0.3) is 10.0 Å². The van der Waals surface area contributed by atoms with Crippen molar-refractivity contribution in [1.82, 2.24) is 10.2 Å². The average Bonchev–Trinajstić information content (AvgIpc) is 2.89. The maximum Gasteiger partial charge on any atom is 0.264 e. The van der Waals surface area contributed by atoms with E-state index >= 15 is 0 Å². The molecule has 0 aliphatic rings. The second-order valence-electron chi connectivity index (χ2n) is 10.6. The molecule has 0 fully saturated rings. The van der Waals surface area contributed by atoms with E-state index in [0.29, 0.717) is 10.6 Å². The van der Waals surface area contributed by atoms with Crippen molar-refractivity contribution in [3.8, 4) is 5.75 Å². The molecule has 0 saturated heterocycles. The van der Waals surface area contributed by atoms with E-state index in [0.717, 1.165) is 9.87 Å². The quantitative estimate of drug-likeness (QED) is 0.353. The fourth-order valence-electron chi connectivity index (χ4n) is 4.12. The molecular weight excluding hydrogens is 550 g/mol. The lowest BCUT2D eigenvalue weighted by Gasteiger charge is -2.33. The van der Waals surface area contributed by atoms with Gasteiger partial charge in [0, 0.05) is 17.1 Å². The Morgan fingerprint density at radius 2 is 1.68 bits per heavy atom. The van der Waals surface area contributed by atoms with Crippen LogP contribution in [0.5, 0.6) is 5.75 Å². The molecule has 3 aromatic carbocycles. The van der Waals surface area contributed by atoms with Crippen molar-refractivity contribution in [3.05, 3.63) is 88.9 Å². The first-order chi connectivity index (χ1) is 18.7. The molecule has 0 unspecified atom stereocenters. The first kappa shape index (κ1) is 31.0. The van der Waals surface area contributed by atoms with Crippen LogP contribution >= 0.6 is 11.6 Å². The minimum atomic E-state index is -4.20. The van der Waals surface area contributed by atoms with Gasteiger partial charge in [0.2, 0.25) is 11.8 Å². The molecule has 0 saturated carbocycles. The van der Waals surface area contributed by atoms with Gasteiger partial charge in [-0.3, -0.25) is 13.9 Å². The van der Waals surface area contributed by atoms with Gasteiger partial charge in [-0.05, 0) is 82.1 Å². The van der Waals surface area contributed by atoms with Crippen LogP contribution in [0.15, 0.2) is 77.7 Å². The molecule has 214 valence electrons. The Morgan fingerprint density at radius 1 is 1.00 bits per heavy atom. The molecular formula is C30H36ClN3O5S. The smallest absolute Gasteiger partial charge is 0.264 e. The van der Waals surface area contributed by atoms with Gasteiger partial charge in [0.1, 0.15) is 18.3 Å². The number of hydrogen-bond acceptors (Lipinski definition) is 5. The Hall–Kier alpha value is -3.56. The van der Waals surface area contributed by atoms with E-state index in [1.807, 2.05) is 27.7 Å². The summed E-state index contributed by atoms with van der Waals surface area (Å²) in [5.41, 5.74) is 1.16. The first-order valence-electron chi connectivity index (χ1n) is 12.8. The number of nitrogens with zero attached hydrogens (tertiary/aromatic N) is 2. The summed E-state index contributed by atoms with van der Waals surface area (Å²) in [6.07, 6.45) is 0. The molecule has 8 nitrogen and oxygen atoms in total. The maximum absolute atomic E-state index is 14.1. The summed E-state index contributed by atoms with van der Waals surface area (Å²) >= 11 is 6.19. The molecule has 0 heterocycles. The van der Waals surface area contributed by atoms with Crippen LogP contribution in [0.3, 0.4) is 0 Å². The highest BCUT2D eigenvalue weighted by molar-refractivity contribution is 7.92. The lowest BCUT2D eigenvalue weighted by molar-refractivity contribution is -0.140. The van der Waals surface area contributed by atoms with Crippen LogP contribution in [0.1, 0.15) is 38.8 Å². The fraction of sp³-hybridized carbons (Fsp3) is 0.333. The summed E-state index contributed by atoms with van der Waals surface area (Å²) < 4.78 is 34.5. The van der Waals surface area contributed by atoms with Gasteiger partial charge in [-0.2, -0.15) is 0 Å². The predicted molar refractivity (Wildman–Crippen MR) is 158 cm³/mol. The van der Waals surface area contributed by atoms with Crippen LogP contribution in [-0.2, 0) is 26.2 Å². The second kappa shape index (κ2) is 12.7. The van der Waals surface area contributed by atoms with Gasteiger partial charge in [-0.25, -0.2) is 8.42 Å². The number of methoxy groups -OCH3 is 1. The van der Waals surface area contributed by atoms with Gasteiger partial charge in [0.05, 0.1) is 17.7 Å². The number of benzene rings is 3. The lowest BCUT2D eigenvalue weighted by Crippen LogP contribution is -2.54. The van der Waals surface area contributed by atoms with E-state index in [4.69, 9.17) is 16.3 Å². The highest BCUT2D eigenvalue weighted by Gasteiger charge is 2.34. The zero-order chi connectivity index (χ0) is 29.7. The Labute approximate surface area is 241 Å². The third-order valence-corrected chi connectivity index (χ3v) is 8.13. The predicted octanol–water partition coefficient (Wildman–Crippen LogP) is 5.18. The first-order valence-corrected chi connectivity index (χ1v) is 14.6. The van der Waals surface area contributed by atoms with Crippen LogP contribution in [0.4, 0.5) is 5.69 Å². The third-order valence-electron chi connectivity index (χ3n) is 6.12. The van der Waals surface area contributed by atoms with Crippen molar-refractivity contribution >= 4 is 39.1 Å². The normalized spacial score (nSPS) is 12.4. The minimum absolute atomic E-state index is 0.0197. The van der Waals surface area contributed by atoms with Crippen LogP contribution < -0.4 is 14.4 Å². The van der Waals surface area contributed by atoms with E-state index in [1.54, 1.807) is 67.6 Å². The highest BCUT2D eigenvalue weighted by atomic mass is 35.5. The highest BCUT2D eigenvalue weighted by Crippen LogP contribution is 2.33. The Morgan fingerprint density at radius 3 is 2.27 bits per heavy atom. The number of anilines is 1. The number of carbonyl (C=O) groups excluding carboxylic acids is 2. The van der Waals surface area contributed by atoms with Gasteiger partial charge < -0.3 is 15.0 Å². The maximum atomic E-state index is 14.1. The number of sulfonamides is 1. The molecule has 1 N–H and O–H groups in total. The van der Waals surface area contributed by atoms with E-state index in [2.05, 4.69) is 5.32 Å². The minimum Gasteiger partial charge on any atom is -0.495 e. The Balaban J connectivity index is 2.10. The summed E-state index contributed by atoms with van der Waals surface area (Å²) in [4.78, 5) is 28.6. The van der Waals surface area contributed by atoms with E-state index in [9.17, 15) is 18.0 Å². The van der Waals surface area contributed by atoms with Gasteiger partial charge >= 0.3 is 0 Å². The monoisotopic (exact) mass is 585 g/mol. The Kier molecular flexibility index (Phi) is 9.87. The molecule has 0 aromatic heterocycles. The second-order valence-corrected chi connectivity index (χ2v) is 12.9. The van der Waals surface area contributed by atoms with E-state index in [1.165, 1.54) is 24.1 Å². The lowest BCUT2D eigenvalue weighted by atomic mass is 10.1. The summed E-state index contributed by atoms with van der Waals surface area (Å²) in [6, 6.07) is 19.1. The number of aryl methyl sites for hydroxylation is 1. The van der Waals surface area contributed by atoms with E-state index in [-0.39, 0.29) is 28.8 Å². The molecule has 3 rings (SSSR count). The van der Waals surface area contributed by atoms with Crippen molar-refractivity contribution in [2.75, 3.05) is 18.0 Å². The molecule has 1 atom stereocenters. The summed E-state index contributed by atoms with van der Waals surface area (Å²) in [5.74, 6) is -0.647. The average molecular weight is 586 g/mol. The SMILES string of the molecule is COc1ccc(C)cc1N(CC(=O)N(Cc1cccc(Cl)c1)[C@@H](C)C(=O)NC(C)(C)C)S(=O)(=O)c1ccccc1. The summed E-state index contributed by atoms with van der Waals surface area (Å²) in [7, 11) is -2.76. The van der Waals surface area contributed by atoms with E-state index < -0.39 is 34.1 Å². The molecule has 3 aromatic rings. The van der Waals surface area contributed by atoms with Crippen molar-refractivity contribution in [2.45, 2.75) is 57.6 Å². The van der Waals surface area contributed by atoms with Crippen molar-refractivity contribution < 1.29 is 22.7 Å². The van der Waals surface area contributed by atoms with Crippen molar-refractivity contribution in [2.24, 2.45) is 0 Å².